The summed E-state index contributed by atoms with van der Waals surface area (Å²) in [5.41, 5.74) is 0. The van der Waals surface area contributed by atoms with Gasteiger partial charge in [0.1, 0.15) is 43.7 Å². The molecule has 4 heteroatoms. The Kier molecular flexibility index (Phi) is 5.16. The van der Waals surface area contributed by atoms with E-state index in [1.807, 2.05) is 30.3 Å². The van der Waals surface area contributed by atoms with Gasteiger partial charge in [-0.25, -0.2) is 0 Å². The van der Waals surface area contributed by atoms with Crippen LogP contribution >= 0.6 is 0 Å². The summed E-state index contributed by atoms with van der Waals surface area (Å²) in [5, 5.41) is 12.6. The smallest absolute Gasteiger partial charge is 0.137 e. The van der Waals surface area contributed by atoms with Crippen LogP contribution in [0.2, 0.25) is 0 Å². The molecule has 4 unspecified atom stereocenters. The average molecular weight is 316 g/mol. The largest absolute Gasteiger partial charge is 0.490 e. The van der Waals surface area contributed by atoms with E-state index in [-0.39, 0.29) is 6.10 Å². The fourth-order valence-corrected chi connectivity index (χ4v) is 3.21. The fraction of sp³-hybridized carbons (Fsp3) is 0.474. The van der Waals surface area contributed by atoms with E-state index in [4.69, 9.17) is 9.47 Å². The Labute approximate surface area is 137 Å². The van der Waals surface area contributed by atoms with Gasteiger partial charge in [0.25, 0.3) is 0 Å². The Balaban J connectivity index is 1.59. The Hall–Kier alpha value is -1.62. The zero-order chi connectivity index (χ0) is 16.2. The quantitative estimate of drug-likeness (QED) is 0.873. The Morgan fingerprint density at radius 2 is 2.00 bits per heavy atom. The van der Waals surface area contributed by atoms with Gasteiger partial charge < -0.3 is 19.5 Å². The lowest BCUT2D eigenvalue weighted by atomic mass is 10.1. The SMILES string of the molecule is CC1C[NH+](CC(O)COc2cccc3ccccc23)C(C)CO1. The van der Waals surface area contributed by atoms with Crippen molar-refractivity contribution in [3.63, 3.8) is 0 Å². The van der Waals surface area contributed by atoms with Crippen LogP contribution in [0.25, 0.3) is 10.8 Å². The Morgan fingerprint density at radius 1 is 1.22 bits per heavy atom. The third-order valence-corrected chi connectivity index (χ3v) is 4.56. The average Bonchev–Trinajstić information content (AvgIpc) is 2.56. The molecule has 0 radical (unpaired) electrons. The second-order valence-corrected chi connectivity index (χ2v) is 6.55. The molecular formula is C19H26NO3+. The first-order chi connectivity index (χ1) is 11.1. The summed E-state index contributed by atoms with van der Waals surface area (Å²) >= 11 is 0. The van der Waals surface area contributed by atoms with Gasteiger partial charge in [-0.1, -0.05) is 36.4 Å². The molecule has 2 N–H and O–H groups in total. The third-order valence-electron chi connectivity index (χ3n) is 4.56. The first kappa shape index (κ1) is 16.2. The molecule has 3 rings (SSSR count). The molecule has 0 aliphatic carbocycles. The fourth-order valence-electron chi connectivity index (χ4n) is 3.21. The van der Waals surface area contributed by atoms with Crippen molar-refractivity contribution >= 4 is 10.8 Å². The molecule has 1 saturated heterocycles. The van der Waals surface area contributed by atoms with E-state index in [0.29, 0.717) is 19.2 Å². The molecule has 1 aliphatic rings. The lowest BCUT2D eigenvalue weighted by molar-refractivity contribution is -0.937. The molecule has 2 aromatic carbocycles. The van der Waals surface area contributed by atoms with E-state index in [1.54, 1.807) is 0 Å². The minimum atomic E-state index is -0.475. The van der Waals surface area contributed by atoms with Crippen LogP contribution in [-0.4, -0.2) is 49.7 Å². The molecule has 0 saturated carbocycles. The highest BCUT2D eigenvalue weighted by atomic mass is 16.5. The Morgan fingerprint density at radius 3 is 2.87 bits per heavy atom. The standard InChI is InChI=1S/C19H25NO3/c1-14-12-22-15(2)10-20(14)11-17(21)13-23-19-9-5-7-16-6-3-4-8-18(16)19/h3-9,14-15,17,21H,10-13H2,1-2H3/p+1. The van der Waals surface area contributed by atoms with Crippen LogP contribution in [-0.2, 0) is 4.74 Å². The zero-order valence-electron chi connectivity index (χ0n) is 13.9. The lowest BCUT2D eigenvalue weighted by Gasteiger charge is -2.34. The van der Waals surface area contributed by atoms with Crippen LogP contribution in [0, 0.1) is 0 Å². The van der Waals surface area contributed by atoms with Gasteiger partial charge in [-0.3, -0.25) is 0 Å². The van der Waals surface area contributed by atoms with Crippen LogP contribution in [0.4, 0.5) is 0 Å². The molecule has 0 bridgehead atoms. The molecule has 0 aromatic heterocycles. The first-order valence-electron chi connectivity index (χ1n) is 8.38. The van der Waals surface area contributed by atoms with Crippen molar-refractivity contribution in [1.82, 2.24) is 0 Å². The number of quaternary nitrogens is 1. The molecule has 2 aromatic rings. The van der Waals surface area contributed by atoms with Gasteiger partial charge in [0.05, 0.1) is 6.61 Å². The van der Waals surface area contributed by atoms with Crippen molar-refractivity contribution in [2.75, 3.05) is 26.3 Å². The van der Waals surface area contributed by atoms with Crippen molar-refractivity contribution < 1.29 is 19.5 Å². The van der Waals surface area contributed by atoms with Gasteiger partial charge in [-0.2, -0.15) is 0 Å². The first-order valence-corrected chi connectivity index (χ1v) is 8.38. The molecule has 1 heterocycles. The van der Waals surface area contributed by atoms with E-state index in [1.165, 1.54) is 4.90 Å². The van der Waals surface area contributed by atoms with Gasteiger partial charge in [0.2, 0.25) is 0 Å². The summed E-state index contributed by atoms with van der Waals surface area (Å²) in [6, 6.07) is 14.6. The second-order valence-electron chi connectivity index (χ2n) is 6.55. The summed E-state index contributed by atoms with van der Waals surface area (Å²) in [4.78, 5) is 1.39. The number of fused-ring (bicyclic) bond motifs is 1. The summed E-state index contributed by atoms with van der Waals surface area (Å²) in [5.74, 6) is 0.834. The molecule has 0 spiro atoms. The zero-order valence-corrected chi connectivity index (χ0v) is 13.9. The van der Waals surface area contributed by atoms with Crippen LogP contribution in [0.15, 0.2) is 42.5 Å². The van der Waals surface area contributed by atoms with Crippen molar-refractivity contribution in [2.24, 2.45) is 0 Å². The van der Waals surface area contributed by atoms with Crippen molar-refractivity contribution in [3.8, 4) is 5.75 Å². The summed E-state index contributed by atoms with van der Waals surface area (Å²) in [7, 11) is 0. The van der Waals surface area contributed by atoms with Gasteiger partial charge in [-0.15, -0.1) is 0 Å². The highest BCUT2D eigenvalue weighted by molar-refractivity contribution is 5.88. The number of hydrogen-bond donors (Lipinski definition) is 2. The highest BCUT2D eigenvalue weighted by Crippen LogP contribution is 2.25. The number of benzene rings is 2. The van der Waals surface area contributed by atoms with E-state index in [0.717, 1.165) is 29.7 Å². The number of aliphatic hydroxyl groups excluding tert-OH is 1. The van der Waals surface area contributed by atoms with E-state index < -0.39 is 6.10 Å². The lowest BCUT2D eigenvalue weighted by Crippen LogP contribution is -3.19. The van der Waals surface area contributed by atoms with Crippen molar-refractivity contribution in [2.45, 2.75) is 32.1 Å². The minimum Gasteiger partial charge on any atom is -0.490 e. The van der Waals surface area contributed by atoms with Gasteiger partial charge in [-0.05, 0) is 25.3 Å². The van der Waals surface area contributed by atoms with Crippen LogP contribution in [0.3, 0.4) is 0 Å². The molecule has 124 valence electrons. The van der Waals surface area contributed by atoms with Gasteiger partial charge >= 0.3 is 0 Å². The minimum absolute atomic E-state index is 0.257. The number of morpholine rings is 1. The predicted molar refractivity (Wildman–Crippen MR) is 91.0 cm³/mol. The van der Waals surface area contributed by atoms with E-state index >= 15 is 0 Å². The maximum Gasteiger partial charge on any atom is 0.137 e. The molecule has 0 amide bonds. The van der Waals surface area contributed by atoms with Crippen molar-refractivity contribution in [1.29, 1.82) is 0 Å². The molecule has 4 nitrogen and oxygen atoms in total. The molecular weight excluding hydrogens is 290 g/mol. The van der Waals surface area contributed by atoms with Crippen molar-refractivity contribution in [3.05, 3.63) is 42.5 Å². The molecule has 23 heavy (non-hydrogen) atoms. The topological polar surface area (TPSA) is 43.1 Å². The maximum atomic E-state index is 10.4. The van der Waals surface area contributed by atoms with Gasteiger partial charge in [0, 0.05) is 5.39 Å². The van der Waals surface area contributed by atoms with Crippen LogP contribution in [0.1, 0.15) is 13.8 Å². The number of aliphatic hydroxyl groups is 1. The molecule has 4 atom stereocenters. The number of ether oxygens (including phenoxy) is 2. The summed E-state index contributed by atoms with van der Waals surface area (Å²) in [6.45, 7) is 6.96. The third kappa shape index (κ3) is 4.02. The maximum absolute atomic E-state index is 10.4. The Bertz CT molecular complexity index is 640. The van der Waals surface area contributed by atoms with Gasteiger partial charge in [0.15, 0.2) is 0 Å². The van der Waals surface area contributed by atoms with E-state index in [9.17, 15) is 5.11 Å². The van der Waals surface area contributed by atoms with Crippen LogP contribution in [0.5, 0.6) is 5.75 Å². The number of rotatable bonds is 5. The number of hydrogen-bond acceptors (Lipinski definition) is 3. The number of nitrogens with one attached hydrogen (secondary N) is 1. The van der Waals surface area contributed by atoms with E-state index in [2.05, 4.69) is 26.0 Å². The normalized spacial score (nSPS) is 26.1. The van der Waals surface area contributed by atoms with Crippen LogP contribution < -0.4 is 9.64 Å². The summed E-state index contributed by atoms with van der Waals surface area (Å²) < 4.78 is 11.5. The highest BCUT2D eigenvalue weighted by Gasteiger charge is 2.28. The monoisotopic (exact) mass is 316 g/mol. The molecule has 1 aliphatic heterocycles. The predicted octanol–water partition coefficient (Wildman–Crippen LogP) is 1.27. The second kappa shape index (κ2) is 7.30. The summed E-state index contributed by atoms with van der Waals surface area (Å²) in [6.07, 6.45) is -0.218. The molecule has 1 fully saturated rings.